The van der Waals surface area contributed by atoms with E-state index in [1.54, 1.807) is 6.33 Å². The molecule has 1 aliphatic rings. The molecule has 2 aromatic heterocycles. The van der Waals surface area contributed by atoms with Gasteiger partial charge in [0.1, 0.15) is 23.1 Å². The summed E-state index contributed by atoms with van der Waals surface area (Å²) in [6.07, 6.45) is 4.18. The van der Waals surface area contributed by atoms with Gasteiger partial charge in [-0.3, -0.25) is 0 Å². The van der Waals surface area contributed by atoms with Crippen LogP contribution in [0.5, 0.6) is 0 Å². The van der Waals surface area contributed by atoms with Crippen LogP contribution in [0.3, 0.4) is 0 Å². The molecule has 1 fully saturated rings. The maximum Gasteiger partial charge on any atom is 0.143 e. The lowest BCUT2D eigenvalue weighted by atomic mass is 9.58. The molecule has 0 bridgehead atoms. The predicted molar refractivity (Wildman–Crippen MR) is 88.1 cm³/mol. The Morgan fingerprint density at radius 3 is 2.87 bits per heavy atom. The number of halogens is 1. The fraction of sp³-hybridized carbons (Fsp3) is 0.500. The highest BCUT2D eigenvalue weighted by Gasteiger charge is 2.48. The minimum Gasteiger partial charge on any atom is -0.369 e. The first-order valence-corrected chi connectivity index (χ1v) is 8.06. The largest absolute Gasteiger partial charge is 0.369 e. The molecule has 1 aliphatic carbocycles. The van der Waals surface area contributed by atoms with E-state index in [1.165, 1.54) is 0 Å². The molecule has 0 saturated heterocycles. The smallest absolute Gasteiger partial charge is 0.143 e. The predicted octanol–water partition coefficient (Wildman–Crippen LogP) is 2.91. The molecule has 1 N–H and O–H groups in total. The molecule has 23 heavy (non-hydrogen) atoms. The first kappa shape index (κ1) is 15.8. The van der Waals surface area contributed by atoms with Crippen molar-refractivity contribution in [1.29, 1.82) is 5.26 Å². The summed E-state index contributed by atoms with van der Waals surface area (Å²) in [4.78, 5) is 4.30. The van der Waals surface area contributed by atoms with Crippen LogP contribution in [0.2, 0.25) is 5.15 Å². The van der Waals surface area contributed by atoms with Crippen molar-refractivity contribution < 1.29 is 0 Å². The van der Waals surface area contributed by atoms with Gasteiger partial charge in [0.2, 0.25) is 0 Å². The Bertz CT molecular complexity index is 741. The number of nitrogens with zero attached hydrogens (tertiary/aromatic N) is 5. The van der Waals surface area contributed by atoms with Crippen LogP contribution in [0.15, 0.2) is 18.5 Å². The van der Waals surface area contributed by atoms with Crippen LogP contribution in [-0.2, 0) is 12.5 Å². The van der Waals surface area contributed by atoms with Gasteiger partial charge in [0.25, 0.3) is 0 Å². The van der Waals surface area contributed by atoms with Gasteiger partial charge in [-0.25, -0.2) is 4.98 Å². The van der Waals surface area contributed by atoms with Crippen LogP contribution >= 0.6 is 11.6 Å². The second-order valence-electron chi connectivity index (χ2n) is 6.26. The fourth-order valence-corrected chi connectivity index (χ4v) is 3.71. The average molecular weight is 331 g/mol. The van der Waals surface area contributed by atoms with Crippen LogP contribution in [0.25, 0.3) is 0 Å². The SMILES string of the molecule is CC1CC(c2cc(Cl)nc(NCCC#N)c2)(c2nncn2C)C1. The number of pyridine rings is 1. The molecule has 0 aliphatic heterocycles. The van der Waals surface area contributed by atoms with E-state index in [4.69, 9.17) is 16.9 Å². The van der Waals surface area contributed by atoms with Gasteiger partial charge < -0.3 is 9.88 Å². The van der Waals surface area contributed by atoms with Gasteiger partial charge in [-0.05, 0) is 36.5 Å². The van der Waals surface area contributed by atoms with Crippen molar-refractivity contribution in [2.24, 2.45) is 13.0 Å². The van der Waals surface area contributed by atoms with Crippen molar-refractivity contribution in [3.63, 3.8) is 0 Å². The Labute approximate surface area is 140 Å². The van der Waals surface area contributed by atoms with E-state index in [9.17, 15) is 0 Å². The lowest BCUT2D eigenvalue weighted by Crippen LogP contribution is -2.43. The summed E-state index contributed by atoms with van der Waals surface area (Å²) in [7, 11) is 1.97. The number of aromatic nitrogens is 4. The Hall–Kier alpha value is -2.13. The molecule has 2 heterocycles. The Morgan fingerprint density at radius 2 is 2.26 bits per heavy atom. The summed E-state index contributed by atoms with van der Waals surface area (Å²) in [5.74, 6) is 2.29. The molecule has 3 rings (SSSR count). The topological polar surface area (TPSA) is 79.4 Å². The summed E-state index contributed by atoms with van der Waals surface area (Å²) >= 11 is 6.23. The Morgan fingerprint density at radius 1 is 1.48 bits per heavy atom. The van der Waals surface area contributed by atoms with Gasteiger partial charge in [-0.15, -0.1) is 10.2 Å². The molecule has 2 aromatic rings. The van der Waals surface area contributed by atoms with E-state index in [0.29, 0.717) is 29.9 Å². The standard InChI is InChI=1S/C16H19ClN6/c1-11-8-16(9-11,15-22-20-10-23(15)2)12-6-13(17)21-14(7-12)19-5-3-4-18/h6-7,10-11H,3,5,8-9H2,1-2H3,(H,19,21). The van der Waals surface area contributed by atoms with Crippen molar-refractivity contribution in [3.8, 4) is 6.07 Å². The van der Waals surface area contributed by atoms with Crippen LogP contribution < -0.4 is 5.32 Å². The van der Waals surface area contributed by atoms with Crippen molar-refractivity contribution in [1.82, 2.24) is 19.7 Å². The quantitative estimate of drug-likeness (QED) is 0.673. The summed E-state index contributed by atoms with van der Waals surface area (Å²) < 4.78 is 1.98. The van der Waals surface area contributed by atoms with Gasteiger partial charge in [-0.1, -0.05) is 18.5 Å². The second-order valence-corrected chi connectivity index (χ2v) is 6.65. The normalized spacial score (nSPS) is 23.1. The number of nitrogens with one attached hydrogen (secondary N) is 1. The number of nitriles is 1. The summed E-state index contributed by atoms with van der Waals surface area (Å²) in [5, 5.41) is 20.6. The van der Waals surface area contributed by atoms with Crippen molar-refractivity contribution in [3.05, 3.63) is 35.0 Å². The third-order valence-corrected chi connectivity index (χ3v) is 4.62. The molecule has 1 saturated carbocycles. The Balaban J connectivity index is 1.98. The fourth-order valence-electron chi connectivity index (χ4n) is 3.50. The van der Waals surface area contributed by atoms with E-state index in [-0.39, 0.29) is 5.41 Å². The zero-order chi connectivity index (χ0) is 16.4. The highest BCUT2D eigenvalue weighted by molar-refractivity contribution is 6.29. The summed E-state index contributed by atoms with van der Waals surface area (Å²) in [5.41, 5.74) is 0.939. The molecular formula is C16H19ClN6. The highest BCUT2D eigenvalue weighted by Crippen LogP contribution is 2.51. The van der Waals surface area contributed by atoms with Crippen LogP contribution in [0.4, 0.5) is 5.82 Å². The first-order chi connectivity index (χ1) is 11.0. The molecule has 120 valence electrons. The molecule has 0 atom stereocenters. The van der Waals surface area contributed by atoms with Gasteiger partial charge in [0.15, 0.2) is 0 Å². The maximum absolute atomic E-state index is 8.66. The summed E-state index contributed by atoms with van der Waals surface area (Å²) in [6, 6.07) is 6.04. The number of aryl methyl sites for hydroxylation is 1. The molecule has 0 spiro atoms. The van der Waals surface area contributed by atoms with Gasteiger partial charge in [0, 0.05) is 13.6 Å². The molecule has 7 heteroatoms. The van der Waals surface area contributed by atoms with Crippen LogP contribution in [-0.4, -0.2) is 26.3 Å². The lowest BCUT2D eigenvalue weighted by Gasteiger charge is -2.46. The second kappa shape index (κ2) is 6.17. The monoisotopic (exact) mass is 330 g/mol. The van der Waals surface area contributed by atoms with Gasteiger partial charge in [0.05, 0.1) is 17.9 Å². The number of hydrogen-bond acceptors (Lipinski definition) is 5. The van der Waals surface area contributed by atoms with E-state index in [2.05, 4.69) is 33.5 Å². The van der Waals surface area contributed by atoms with Crippen LogP contribution in [0, 0.1) is 17.2 Å². The van der Waals surface area contributed by atoms with Gasteiger partial charge in [-0.2, -0.15) is 5.26 Å². The maximum atomic E-state index is 8.66. The summed E-state index contributed by atoms with van der Waals surface area (Å²) in [6.45, 7) is 2.79. The zero-order valence-corrected chi connectivity index (χ0v) is 14.0. The lowest BCUT2D eigenvalue weighted by molar-refractivity contribution is 0.185. The molecule has 6 nitrogen and oxygen atoms in total. The van der Waals surface area contributed by atoms with E-state index in [0.717, 1.165) is 24.2 Å². The minimum atomic E-state index is -0.164. The van der Waals surface area contributed by atoms with E-state index in [1.807, 2.05) is 23.7 Å². The molecule has 0 aromatic carbocycles. The molecule has 0 amide bonds. The Kier molecular flexibility index (Phi) is 4.22. The number of anilines is 1. The zero-order valence-electron chi connectivity index (χ0n) is 13.3. The number of rotatable bonds is 5. The highest BCUT2D eigenvalue weighted by atomic mass is 35.5. The average Bonchev–Trinajstić information content (AvgIpc) is 2.90. The van der Waals surface area contributed by atoms with Crippen molar-refractivity contribution in [2.75, 3.05) is 11.9 Å². The minimum absolute atomic E-state index is 0.164. The molecule has 0 unspecified atom stereocenters. The van der Waals surface area contributed by atoms with Crippen molar-refractivity contribution in [2.45, 2.75) is 31.6 Å². The van der Waals surface area contributed by atoms with E-state index >= 15 is 0 Å². The molecular weight excluding hydrogens is 312 g/mol. The van der Waals surface area contributed by atoms with Crippen LogP contribution in [0.1, 0.15) is 37.6 Å². The third kappa shape index (κ3) is 2.89. The first-order valence-electron chi connectivity index (χ1n) is 7.68. The number of hydrogen-bond donors (Lipinski definition) is 1. The third-order valence-electron chi connectivity index (χ3n) is 4.42. The van der Waals surface area contributed by atoms with Crippen molar-refractivity contribution >= 4 is 17.4 Å². The van der Waals surface area contributed by atoms with Gasteiger partial charge >= 0.3 is 0 Å². The molecule has 0 radical (unpaired) electrons. The van der Waals surface area contributed by atoms with E-state index < -0.39 is 0 Å².